The van der Waals surface area contributed by atoms with Gasteiger partial charge in [-0.15, -0.1) is 5.10 Å². The van der Waals surface area contributed by atoms with Gasteiger partial charge in [-0.25, -0.2) is 4.68 Å². The Morgan fingerprint density at radius 2 is 1.12 bits per heavy atom. The average molecular weight is 528 g/mol. The molecule has 4 heteroatoms. The zero-order valence-corrected chi connectivity index (χ0v) is 25.1. The van der Waals surface area contributed by atoms with Crippen LogP contribution in [-0.2, 0) is 5.54 Å². The van der Waals surface area contributed by atoms with Crippen LogP contribution in [0.25, 0.3) is 11.3 Å². The van der Waals surface area contributed by atoms with Crippen molar-refractivity contribution in [2.75, 3.05) is 0 Å². The summed E-state index contributed by atoms with van der Waals surface area (Å²) in [4.78, 5) is 0. The number of aryl methyl sites for hydroxylation is 6. The normalized spacial score (nSPS) is 25.0. The van der Waals surface area contributed by atoms with Gasteiger partial charge in [0.15, 0.2) is 0 Å². The Bertz CT molecular complexity index is 1460. The summed E-state index contributed by atoms with van der Waals surface area (Å²) in [5.41, 5.74) is 14.7. The number of rotatable bonds is 5. The summed E-state index contributed by atoms with van der Waals surface area (Å²) >= 11 is 0. The third-order valence-electron chi connectivity index (χ3n) is 10.6. The fourth-order valence-electron chi connectivity index (χ4n) is 9.59. The first-order valence-corrected chi connectivity index (χ1v) is 15.4. The molecule has 0 radical (unpaired) electrons. The van der Waals surface area contributed by atoms with Crippen LogP contribution in [-0.4, -0.2) is 21.7 Å². The summed E-state index contributed by atoms with van der Waals surface area (Å²) in [6.45, 7) is 13.7. The minimum atomic E-state index is 0.193. The number of benzene rings is 3. The molecule has 0 spiro atoms. The second-order valence-corrected chi connectivity index (χ2v) is 13.9. The third kappa shape index (κ3) is 4.26. The highest BCUT2D eigenvalue weighted by molar-refractivity contribution is 6.96. The van der Waals surface area contributed by atoms with E-state index < -0.39 is 0 Å². The molecule has 0 unspecified atom stereocenters. The summed E-state index contributed by atoms with van der Waals surface area (Å²) in [6.07, 6.45) is 10.5. The Hall–Kier alpha value is -3.14. The third-order valence-corrected chi connectivity index (χ3v) is 10.6. The number of aromatic nitrogens is 3. The van der Waals surface area contributed by atoms with E-state index in [-0.39, 0.29) is 12.3 Å². The van der Waals surface area contributed by atoms with Crippen LogP contribution in [0.15, 0.2) is 54.7 Å². The Kier molecular flexibility index (Phi) is 6.11. The zero-order chi connectivity index (χ0) is 27.8. The monoisotopic (exact) mass is 527 g/mol. The molecule has 4 aromatic rings. The summed E-state index contributed by atoms with van der Waals surface area (Å²) in [5.74, 6) is 2.70. The second-order valence-electron chi connectivity index (χ2n) is 13.9. The molecule has 0 aliphatic heterocycles. The molecule has 204 valence electrons. The molecule has 3 nitrogen and oxygen atoms in total. The maximum atomic E-state index is 4.76. The smallest absolute Gasteiger partial charge is 0.242 e. The molecule has 3 aromatic carbocycles. The molecule has 1 aromatic heterocycles. The number of hydrogen-bond donors (Lipinski definition) is 0. The van der Waals surface area contributed by atoms with E-state index in [4.69, 9.17) is 10.3 Å². The van der Waals surface area contributed by atoms with E-state index in [1.807, 2.05) is 0 Å². The highest BCUT2D eigenvalue weighted by atomic mass is 15.5. The molecule has 4 aliphatic rings. The maximum absolute atomic E-state index is 4.76. The van der Waals surface area contributed by atoms with E-state index in [2.05, 4.69) is 101 Å². The van der Waals surface area contributed by atoms with Gasteiger partial charge in [-0.3, -0.25) is 0 Å². The summed E-state index contributed by atoms with van der Waals surface area (Å²) in [6, 6.07) is 18.6. The minimum Gasteiger partial charge on any atom is -0.246 e. The first kappa shape index (κ1) is 25.8. The van der Waals surface area contributed by atoms with Crippen LogP contribution in [0.3, 0.4) is 0 Å². The van der Waals surface area contributed by atoms with Crippen molar-refractivity contribution in [2.24, 2.45) is 17.8 Å². The molecule has 0 amide bonds. The van der Waals surface area contributed by atoms with Gasteiger partial charge in [0.1, 0.15) is 5.69 Å². The number of nitrogens with zero attached hydrogens (tertiary/aromatic N) is 3. The standard InChI is InChI=1S/C36H42BN3/c1-22-11-24(3)34(25(4)12-22)37(35-26(5)13-23(2)14-27(35)6)32-9-7-31(8-10-32)33-21-40(39-38-33)36-18-28-15-29(19-36)17-30(16-28)20-36/h7-14,21,28-30H,15-20H2,1-6H3. The van der Waals surface area contributed by atoms with Gasteiger partial charge in [-0.1, -0.05) is 104 Å². The molecule has 0 N–H and O–H groups in total. The maximum Gasteiger partial charge on any atom is 0.242 e. The van der Waals surface area contributed by atoms with Crippen molar-refractivity contribution in [2.45, 2.75) is 85.6 Å². The lowest BCUT2D eigenvalue weighted by molar-refractivity contribution is -0.0502. The quantitative estimate of drug-likeness (QED) is 0.288. The van der Waals surface area contributed by atoms with E-state index >= 15 is 0 Å². The molecule has 4 bridgehead atoms. The molecule has 0 atom stereocenters. The van der Waals surface area contributed by atoms with E-state index in [1.54, 1.807) is 0 Å². The van der Waals surface area contributed by atoms with E-state index in [1.165, 1.54) is 88.3 Å². The van der Waals surface area contributed by atoms with Crippen molar-refractivity contribution in [1.82, 2.24) is 15.0 Å². The molecule has 1 heterocycles. The topological polar surface area (TPSA) is 30.7 Å². The van der Waals surface area contributed by atoms with Crippen molar-refractivity contribution in [3.8, 4) is 11.3 Å². The zero-order valence-electron chi connectivity index (χ0n) is 25.1. The lowest BCUT2D eigenvalue weighted by atomic mass is 9.34. The van der Waals surface area contributed by atoms with Crippen LogP contribution in [0.2, 0.25) is 0 Å². The summed E-state index contributed by atoms with van der Waals surface area (Å²) in [7, 11) is 0. The van der Waals surface area contributed by atoms with Crippen LogP contribution in [0.1, 0.15) is 71.9 Å². The van der Waals surface area contributed by atoms with Gasteiger partial charge in [-0.05, 0) is 97.8 Å². The molecule has 4 aliphatic carbocycles. The van der Waals surface area contributed by atoms with Gasteiger partial charge in [0.05, 0.1) is 11.7 Å². The minimum absolute atomic E-state index is 0.193. The largest absolute Gasteiger partial charge is 0.246 e. The molecular formula is C36H42BN3. The van der Waals surface area contributed by atoms with Crippen molar-refractivity contribution >= 4 is 23.1 Å². The Morgan fingerprint density at radius 1 is 0.675 bits per heavy atom. The molecule has 4 fully saturated rings. The van der Waals surface area contributed by atoms with Crippen LogP contribution < -0.4 is 16.4 Å². The summed E-state index contributed by atoms with van der Waals surface area (Å²) < 4.78 is 2.28. The van der Waals surface area contributed by atoms with Gasteiger partial charge in [0.2, 0.25) is 6.71 Å². The number of hydrogen-bond acceptors (Lipinski definition) is 2. The lowest BCUT2D eigenvalue weighted by Gasteiger charge is -2.56. The van der Waals surface area contributed by atoms with Crippen LogP contribution in [0.4, 0.5) is 0 Å². The van der Waals surface area contributed by atoms with E-state index in [9.17, 15) is 0 Å². The predicted octanol–water partition coefficient (Wildman–Crippen LogP) is 6.24. The fraction of sp³-hybridized carbons (Fsp3) is 0.444. The second kappa shape index (κ2) is 9.47. The summed E-state index contributed by atoms with van der Waals surface area (Å²) in [5, 5.41) is 9.49. The van der Waals surface area contributed by atoms with Crippen molar-refractivity contribution in [3.63, 3.8) is 0 Å². The molecule has 8 rings (SSSR count). The van der Waals surface area contributed by atoms with Crippen molar-refractivity contribution < 1.29 is 0 Å². The van der Waals surface area contributed by atoms with Gasteiger partial charge >= 0.3 is 0 Å². The van der Waals surface area contributed by atoms with Gasteiger partial charge in [0.25, 0.3) is 0 Å². The van der Waals surface area contributed by atoms with E-state index in [0.717, 1.165) is 29.0 Å². The van der Waals surface area contributed by atoms with Gasteiger partial charge in [-0.2, -0.15) is 0 Å². The van der Waals surface area contributed by atoms with Gasteiger partial charge in [0, 0.05) is 5.56 Å². The first-order chi connectivity index (χ1) is 19.2. The molecule has 4 saturated carbocycles. The first-order valence-electron chi connectivity index (χ1n) is 15.4. The van der Waals surface area contributed by atoms with Crippen LogP contribution in [0.5, 0.6) is 0 Å². The highest BCUT2D eigenvalue weighted by Crippen LogP contribution is 2.58. The Balaban J connectivity index is 1.26. The highest BCUT2D eigenvalue weighted by Gasteiger charge is 2.52. The average Bonchev–Trinajstić information content (AvgIpc) is 3.38. The Morgan fingerprint density at radius 3 is 1.57 bits per heavy atom. The van der Waals surface area contributed by atoms with Crippen molar-refractivity contribution in [3.05, 3.63) is 88.1 Å². The molecule has 0 saturated heterocycles. The van der Waals surface area contributed by atoms with Crippen molar-refractivity contribution in [1.29, 1.82) is 0 Å². The van der Waals surface area contributed by atoms with Gasteiger partial charge < -0.3 is 0 Å². The van der Waals surface area contributed by atoms with Crippen LogP contribution in [0, 0.1) is 59.3 Å². The molecule has 40 heavy (non-hydrogen) atoms. The van der Waals surface area contributed by atoms with Crippen LogP contribution >= 0.6 is 0 Å². The Labute approximate surface area is 240 Å². The molecular weight excluding hydrogens is 485 g/mol. The SMILES string of the molecule is Cc1cc(C)c(B(c2ccc(-c3cn(C45CC6CC(CC(C6)C4)C5)nn3)cc2)c2c(C)cc(C)cc2C)c(C)c1. The fourth-order valence-corrected chi connectivity index (χ4v) is 9.59. The predicted molar refractivity (Wildman–Crippen MR) is 168 cm³/mol. The lowest BCUT2D eigenvalue weighted by Crippen LogP contribution is -2.55. The van der Waals surface area contributed by atoms with E-state index in [0.29, 0.717) is 0 Å².